The number of Topliss-reactive ketones (excluding diaryl/α,β-unsaturated/α-hetero) is 1. The zero-order chi connectivity index (χ0) is 11.1. The van der Waals surface area contributed by atoms with Crippen molar-refractivity contribution in [2.24, 2.45) is 11.8 Å². The molecule has 3 aliphatic rings. The number of hydrogen-bond acceptors (Lipinski definition) is 3. The molecule has 86 valence electrons. The molecule has 16 heavy (non-hydrogen) atoms. The molecule has 1 heterocycles. The molecule has 3 rings (SSSR count). The van der Waals surface area contributed by atoms with E-state index in [0.717, 1.165) is 32.2 Å². The Bertz CT molecular complexity index is 375. The van der Waals surface area contributed by atoms with E-state index in [2.05, 4.69) is 5.43 Å². The number of carbonyl (C=O) groups excluding carboxylic acids is 2. The van der Waals surface area contributed by atoms with Crippen molar-refractivity contribution in [2.45, 2.75) is 32.1 Å². The van der Waals surface area contributed by atoms with Crippen LogP contribution in [0.25, 0.3) is 0 Å². The molecule has 0 aromatic rings. The van der Waals surface area contributed by atoms with Gasteiger partial charge in [0.1, 0.15) is 5.78 Å². The van der Waals surface area contributed by atoms with Crippen LogP contribution in [0.5, 0.6) is 0 Å². The average Bonchev–Trinajstić information content (AvgIpc) is 2.71. The lowest BCUT2D eigenvalue weighted by molar-refractivity contribution is -0.123. The highest BCUT2D eigenvalue weighted by Gasteiger charge is 2.40. The van der Waals surface area contributed by atoms with Gasteiger partial charge >= 0.3 is 0 Å². The number of rotatable bonds is 1. The molecular formula is C12H16N2O2. The van der Waals surface area contributed by atoms with Gasteiger partial charge in [-0.15, -0.1) is 0 Å². The van der Waals surface area contributed by atoms with Crippen LogP contribution in [-0.2, 0) is 9.59 Å². The molecule has 2 aliphatic carbocycles. The third kappa shape index (κ3) is 1.40. The molecule has 1 N–H and O–H groups in total. The maximum atomic E-state index is 11.4. The van der Waals surface area contributed by atoms with Gasteiger partial charge in [0, 0.05) is 31.0 Å². The number of fused-ring (bicyclic) bond motifs is 2. The Morgan fingerprint density at radius 1 is 1.31 bits per heavy atom. The van der Waals surface area contributed by atoms with Crippen LogP contribution in [0.4, 0.5) is 0 Å². The maximum absolute atomic E-state index is 11.4. The van der Waals surface area contributed by atoms with Gasteiger partial charge < -0.3 is 0 Å². The minimum Gasteiger partial charge on any atom is -0.300 e. The molecule has 0 saturated heterocycles. The zero-order valence-electron chi connectivity index (χ0n) is 9.24. The van der Waals surface area contributed by atoms with E-state index in [1.807, 2.05) is 0 Å². The van der Waals surface area contributed by atoms with Gasteiger partial charge in [-0.3, -0.25) is 14.6 Å². The normalized spacial score (nSPS) is 33.8. The molecule has 0 aromatic heterocycles. The highest BCUT2D eigenvalue weighted by Crippen LogP contribution is 2.44. The molecule has 1 fully saturated rings. The Kier molecular flexibility index (Phi) is 2.32. The fraction of sp³-hybridized carbons (Fsp3) is 0.667. The van der Waals surface area contributed by atoms with Gasteiger partial charge in [0.2, 0.25) is 6.41 Å². The Morgan fingerprint density at radius 2 is 2.19 bits per heavy atom. The molecule has 2 atom stereocenters. The summed E-state index contributed by atoms with van der Waals surface area (Å²) in [6, 6.07) is 0. The number of hydrogen-bond donors (Lipinski definition) is 1. The summed E-state index contributed by atoms with van der Waals surface area (Å²) in [6.45, 7) is 0.811. The highest BCUT2D eigenvalue weighted by atomic mass is 16.1. The lowest BCUT2D eigenvalue weighted by Gasteiger charge is -2.37. The largest absolute Gasteiger partial charge is 0.300 e. The van der Waals surface area contributed by atoms with E-state index in [1.165, 1.54) is 11.3 Å². The predicted octanol–water partition coefficient (Wildman–Crippen LogP) is 0.996. The van der Waals surface area contributed by atoms with Crippen molar-refractivity contribution in [1.29, 1.82) is 0 Å². The molecule has 0 aromatic carbocycles. The molecule has 1 saturated carbocycles. The molecular weight excluding hydrogens is 204 g/mol. The molecule has 1 aliphatic heterocycles. The number of nitrogens with one attached hydrogen (secondary N) is 1. The van der Waals surface area contributed by atoms with Crippen LogP contribution in [0.15, 0.2) is 11.3 Å². The molecule has 0 radical (unpaired) electrons. The first-order chi connectivity index (χ1) is 7.79. The fourth-order valence-corrected chi connectivity index (χ4v) is 3.39. The first-order valence-electron chi connectivity index (χ1n) is 6.01. The summed E-state index contributed by atoms with van der Waals surface area (Å²) in [7, 11) is 0. The molecule has 0 bridgehead atoms. The summed E-state index contributed by atoms with van der Waals surface area (Å²) in [5.41, 5.74) is 5.66. The summed E-state index contributed by atoms with van der Waals surface area (Å²) in [4.78, 5) is 22.4. The Morgan fingerprint density at radius 3 is 3.00 bits per heavy atom. The highest BCUT2D eigenvalue weighted by molar-refractivity contribution is 5.79. The van der Waals surface area contributed by atoms with Crippen molar-refractivity contribution in [2.75, 3.05) is 6.54 Å². The van der Waals surface area contributed by atoms with Crippen LogP contribution in [0, 0.1) is 11.8 Å². The predicted molar refractivity (Wildman–Crippen MR) is 58.0 cm³/mol. The zero-order valence-corrected chi connectivity index (χ0v) is 9.24. The smallest absolute Gasteiger partial charge is 0.228 e. The third-order valence-electron chi connectivity index (χ3n) is 4.15. The Balaban J connectivity index is 1.90. The maximum Gasteiger partial charge on any atom is 0.228 e. The standard InChI is InChI=1S/C12H16N2O2/c15-7-14-12-9(6-13-14)2-1-8-5-10(16)3-4-11(8)12/h7-8,11,13H,1-6H2. The monoisotopic (exact) mass is 220 g/mol. The van der Waals surface area contributed by atoms with E-state index in [9.17, 15) is 9.59 Å². The van der Waals surface area contributed by atoms with Crippen LogP contribution in [-0.4, -0.2) is 23.7 Å². The number of carbonyl (C=O) groups is 2. The first-order valence-corrected chi connectivity index (χ1v) is 6.01. The van der Waals surface area contributed by atoms with E-state index in [0.29, 0.717) is 30.5 Å². The molecule has 2 unspecified atom stereocenters. The number of nitrogens with zero attached hydrogens (tertiary/aromatic N) is 1. The second-order valence-corrected chi connectivity index (χ2v) is 4.99. The van der Waals surface area contributed by atoms with E-state index < -0.39 is 0 Å². The summed E-state index contributed by atoms with van der Waals surface area (Å²) in [5, 5.41) is 1.64. The minimum atomic E-state index is 0.397. The van der Waals surface area contributed by atoms with Gasteiger partial charge in [-0.05, 0) is 30.8 Å². The Labute approximate surface area is 94.6 Å². The minimum absolute atomic E-state index is 0.397. The van der Waals surface area contributed by atoms with Crippen molar-refractivity contribution in [3.63, 3.8) is 0 Å². The number of hydrazine groups is 1. The number of allylic oxidation sites excluding steroid dienone is 1. The first kappa shape index (κ1) is 10.0. The second kappa shape index (κ2) is 3.70. The van der Waals surface area contributed by atoms with Crippen molar-refractivity contribution < 1.29 is 9.59 Å². The average molecular weight is 220 g/mol. The van der Waals surface area contributed by atoms with Gasteiger partial charge in [0.05, 0.1) is 0 Å². The quantitative estimate of drug-likeness (QED) is 0.671. The van der Waals surface area contributed by atoms with Crippen molar-refractivity contribution in [1.82, 2.24) is 10.4 Å². The van der Waals surface area contributed by atoms with Crippen molar-refractivity contribution in [3.8, 4) is 0 Å². The summed E-state index contributed by atoms with van der Waals surface area (Å²) < 4.78 is 0. The molecule has 4 heteroatoms. The van der Waals surface area contributed by atoms with Gasteiger partial charge in [-0.2, -0.15) is 0 Å². The number of amides is 1. The van der Waals surface area contributed by atoms with Crippen LogP contribution in [0.2, 0.25) is 0 Å². The van der Waals surface area contributed by atoms with Gasteiger partial charge in [-0.1, -0.05) is 0 Å². The second-order valence-electron chi connectivity index (χ2n) is 4.99. The van der Waals surface area contributed by atoms with Crippen LogP contribution in [0.1, 0.15) is 32.1 Å². The van der Waals surface area contributed by atoms with E-state index in [-0.39, 0.29) is 0 Å². The Hall–Kier alpha value is -1.16. The molecule has 1 amide bonds. The van der Waals surface area contributed by atoms with Crippen molar-refractivity contribution in [3.05, 3.63) is 11.3 Å². The van der Waals surface area contributed by atoms with Crippen LogP contribution in [0.3, 0.4) is 0 Å². The van der Waals surface area contributed by atoms with Crippen molar-refractivity contribution >= 4 is 12.2 Å². The molecule has 0 spiro atoms. The van der Waals surface area contributed by atoms with Crippen LogP contribution < -0.4 is 5.43 Å². The summed E-state index contributed by atoms with van der Waals surface area (Å²) >= 11 is 0. The lowest BCUT2D eigenvalue weighted by atomic mass is 9.70. The third-order valence-corrected chi connectivity index (χ3v) is 4.15. The lowest BCUT2D eigenvalue weighted by Crippen LogP contribution is -2.37. The van der Waals surface area contributed by atoms with Gasteiger partial charge in [-0.25, -0.2) is 5.43 Å². The summed E-state index contributed by atoms with van der Waals surface area (Å²) in [6.07, 6.45) is 5.35. The molecule has 4 nitrogen and oxygen atoms in total. The topological polar surface area (TPSA) is 49.4 Å². The van der Waals surface area contributed by atoms with Crippen LogP contribution >= 0.6 is 0 Å². The number of ketones is 1. The summed E-state index contributed by atoms with van der Waals surface area (Å²) in [5.74, 6) is 1.30. The van der Waals surface area contributed by atoms with Gasteiger partial charge in [0.15, 0.2) is 0 Å². The SMILES string of the molecule is O=CN1NCC2=C1C1CCC(=O)CC1CC2. The fourth-order valence-electron chi connectivity index (χ4n) is 3.39. The van der Waals surface area contributed by atoms with E-state index in [4.69, 9.17) is 0 Å². The van der Waals surface area contributed by atoms with Gasteiger partial charge in [0.25, 0.3) is 0 Å². The van der Waals surface area contributed by atoms with E-state index in [1.54, 1.807) is 5.01 Å². The van der Waals surface area contributed by atoms with E-state index >= 15 is 0 Å².